The lowest BCUT2D eigenvalue weighted by molar-refractivity contribution is 0.318. The lowest BCUT2D eigenvalue weighted by atomic mass is 10.2. The molecule has 1 heterocycles. The van der Waals surface area contributed by atoms with Gasteiger partial charge in [0.15, 0.2) is 11.7 Å². The monoisotopic (exact) mass is 281 g/mol. The standard InChI is InChI=1S/C12H9ClFN3O2/c13-7-5-9(14)12(16-6-7)19-10-4-2-1-3-8(10)11(15)17-18/h1-6,18H,(H2,15,17). The first-order valence-electron chi connectivity index (χ1n) is 5.17. The molecule has 0 unspecified atom stereocenters. The second kappa shape index (κ2) is 5.53. The number of amidine groups is 1. The van der Waals surface area contributed by atoms with E-state index in [-0.39, 0.29) is 22.5 Å². The smallest absolute Gasteiger partial charge is 0.255 e. The van der Waals surface area contributed by atoms with Gasteiger partial charge in [-0.05, 0) is 18.2 Å². The van der Waals surface area contributed by atoms with Gasteiger partial charge in [-0.25, -0.2) is 9.37 Å². The number of oxime groups is 1. The van der Waals surface area contributed by atoms with Crippen LogP contribution in [0.5, 0.6) is 11.6 Å². The Morgan fingerprint density at radius 1 is 1.42 bits per heavy atom. The first-order chi connectivity index (χ1) is 9.11. The maximum atomic E-state index is 13.6. The largest absolute Gasteiger partial charge is 0.436 e. The summed E-state index contributed by atoms with van der Waals surface area (Å²) in [5.41, 5.74) is 5.82. The van der Waals surface area contributed by atoms with E-state index in [1.807, 2.05) is 0 Å². The number of ether oxygens (including phenoxy) is 1. The van der Waals surface area contributed by atoms with Gasteiger partial charge < -0.3 is 15.7 Å². The van der Waals surface area contributed by atoms with Gasteiger partial charge >= 0.3 is 0 Å². The van der Waals surface area contributed by atoms with Crippen LogP contribution in [0.25, 0.3) is 0 Å². The highest BCUT2D eigenvalue weighted by atomic mass is 35.5. The van der Waals surface area contributed by atoms with Crippen LogP contribution in [0.4, 0.5) is 4.39 Å². The van der Waals surface area contributed by atoms with Crippen LogP contribution >= 0.6 is 11.6 Å². The predicted molar refractivity (Wildman–Crippen MR) is 68.2 cm³/mol. The number of pyridine rings is 1. The van der Waals surface area contributed by atoms with E-state index in [1.54, 1.807) is 24.3 Å². The molecule has 98 valence electrons. The van der Waals surface area contributed by atoms with Crippen LogP contribution in [0.1, 0.15) is 5.56 Å². The number of para-hydroxylation sites is 1. The van der Waals surface area contributed by atoms with Gasteiger partial charge in [-0.3, -0.25) is 0 Å². The van der Waals surface area contributed by atoms with Gasteiger partial charge in [-0.2, -0.15) is 0 Å². The Bertz CT molecular complexity index is 634. The zero-order valence-corrected chi connectivity index (χ0v) is 10.3. The van der Waals surface area contributed by atoms with E-state index < -0.39 is 5.82 Å². The molecule has 0 bridgehead atoms. The molecular weight excluding hydrogens is 273 g/mol. The number of halogens is 2. The molecule has 0 aliphatic heterocycles. The van der Waals surface area contributed by atoms with E-state index >= 15 is 0 Å². The van der Waals surface area contributed by atoms with E-state index in [9.17, 15) is 4.39 Å². The van der Waals surface area contributed by atoms with Crippen LogP contribution in [0.15, 0.2) is 41.7 Å². The molecule has 0 fully saturated rings. The summed E-state index contributed by atoms with van der Waals surface area (Å²) in [6.07, 6.45) is 1.26. The van der Waals surface area contributed by atoms with E-state index in [1.165, 1.54) is 6.20 Å². The van der Waals surface area contributed by atoms with Crippen LogP contribution in [0.3, 0.4) is 0 Å². The van der Waals surface area contributed by atoms with Gasteiger partial charge in [0.05, 0.1) is 10.6 Å². The molecule has 0 aliphatic carbocycles. The number of rotatable bonds is 3. The van der Waals surface area contributed by atoms with Crippen LogP contribution in [0, 0.1) is 5.82 Å². The van der Waals surface area contributed by atoms with Crippen LogP contribution in [-0.4, -0.2) is 16.0 Å². The van der Waals surface area contributed by atoms with Crippen LogP contribution in [0.2, 0.25) is 5.02 Å². The molecular formula is C12H9ClFN3O2. The van der Waals surface area contributed by atoms with E-state index in [0.717, 1.165) is 6.07 Å². The quantitative estimate of drug-likeness (QED) is 0.392. The summed E-state index contributed by atoms with van der Waals surface area (Å²) < 4.78 is 18.9. The maximum Gasteiger partial charge on any atom is 0.255 e. The molecule has 19 heavy (non-hydrogen) atoms. The second-order valence-electron chi connectivity index (χ2n) is 3.52. The lowest BCUT2D eigenvalue weighted by Gasteiger charge is -2.09. The van der Waals surface area contributed by atoms with Crippen molar-refractivity contribution in [2.45, 2.75) is 0 Å². The van der Waals surface area contributed by atoms with Crippen molar-refractivity contribution in [2.75, 3.05) is 0 Å². The molecule has 2 aromatic rings. The molecule has 0 aliphatic rings. The Hall–Kier alpha value is -2.34. The van der Waals surface area contributed by atoms with E-state index in [4.69, 9.17) is 27.3 Å². The molecule has 0 spiro atoms. The van der Waals surface area contributed by atoms with Crippen molar-refractivity contribution in [3.8, 4) is 11.6 Å². The third kappa shape index (κ3) is 2.92. The molecule has 0 amide bonds. The molecule has 0 radical (unpaired) electrons. The number of hydrogen-bond acceptors (Lipinski definition) is 4. The molecule has 0 saturated carbocycles. The number of aromatic nitrogens is 1. The number of nitrogens with two attached hydrogens (primary N) is 1. The van der Waals surface area contributed by atoms with E-state index in [2.05, 4.69) is 10.1 Å². The summed E-state index contributed by atoms with van der Waals surface area (Å²) in [6.45, 7) is 0. The number of nitrogens with zero attached hydrogens (tertiary/aromatic N) is 2. The van der Waals surface area contributed by atoms with Crippen molar-refractivity contribution >= 4 is 17.4 Å². The molecule has 7 heteroatoms. The number of benzene rings is 1. The van der Waals surface area contributed by atoms with Crippen molar-refractivity contribution in [3.63, 3.8) is 0 Å². The van der Waals surface area contributed by atoms with Crippen molar-refractivity contribution in [1.29, 1.82) is 0 Å². The fraction of sp³-hybridized carbons (Fsp3) is 0. The van der Waals surface area contributed by atoms with Crippen molar-refractivity contribution in [1.82, 2.24) is 4.98 Å². The van der Waals surface area contributed by atoms with Gasteiger partial charge in [0, 0.05) is 6.20 Å². The highest BCUT2D eigenvalue weighted by Crippen LogP contribution is 2.26. The Balaban J connectivity index is 2.38. The fourth-order valence-electron chi connectivity index (χ4n) is 1.40. The summed E-state index contributed by atoms with van der Waals surface area (Å²) in [6, 6.07) is 7.53. The zero-order valence-electron chi connectivity index (χ0n) is 9.55. The summed E-state index contributed by atoms with van der Waals surface area (Å²) in [4.78, 5) is 3.73. The van der Waals surface area contributed by atoms with Crippen molar-refractivity contribution in [2.24, 2.45) is 10.9 Å². The Kier molecular flexibility index (Phi) is 3.82. The maximum absolute atomic E-state index is 13.6. The minimum absolute atomic E-state index is 0.148. The highest BCUT2D eigenvalue weighted by molar-refractivity contribution is 6.30. The summed E-state index contributed by atoms with van der Waals surface area (Å²) in [5, 5.41) is 11.7. The Morgan fingerprint density at radius 2 is 2.16 bits per heavy atom. The molecule has 5 nitrogen and oxygen atoms in total. The third-order valence-electron chi connectivity index (χ3n) is 2.25. The summed E-state index contributed by atoms with van der Waals surface area (Å²) in [5.74, 6) is -0.888. The zero-order chi connectivity index (χ0) is 13.8. The minimum Gasteiger partial charge on any atom is -0.436 e. The first-order valence-corrected chi connectivity index (χ1v) is 5.55. The van der Waals surface area contributed by atoms with Crippen molar-refractivity contribution in [3.05, 3.63) is 52.9 Å². The minimum atomic E-state index is -0.707. The average Bonchev–Trinajstić information content (AvgIpc) is 2.41. The predicted octanol–water partition coefficient (Wildman–Crippen LogP) is 2.76. The summed E-state index contributed by atoms with van der Waals surface area (Å²) >= 11 is 5.59. The topological polar surface area (TPSA) is 80.7 Å². The average molecular weight is 282 g/mol. The Morgan fingerprint density at radius 3 is 2.84 bits per heavy atom. The third-order valence-corrected chi connectivity index (χ3v) is 2.46. The SMILES string of the molecule is NC(=NO)c1ccccc1Oc1ncc(Cl)cc1F. The molecule has 2 rings (SSSR count). The lowest BCUT2D eigenvalue weighted by Crippen LogP contribution is -2.14. The molecule has 1 aromatic heterocycles. The molecule has 3 N–H and O–H groups in total. The van der Waals surface area contributed by atoms with Gasteiger partial charge in [-0.15, -0.1) is 0 Å². The van der Waals surface area contributed by atoms with Crippen LogP contribution in [-0.2, 0) is 0 Å². The first kappa shape index (κ1) is 13.1. The van der Waals surface area contributed by atoms with Gasteiger partial charge in [0.2, 0.25) is 0 Å². The summed E-state index contributed by atoms with van der Waals surface area (Å²) in [7, 11) is 0. The normalized spacial score (nSPS) is 11.4. The number of hydrogen-bond donors (Lipinski definition) is 2. The van der Waals surface area contributed by atoms with E-state index in [0.29, 0.717) is 5.56 Å². The highest BCUT2D eigenvalue weighted by Gasteiger charge is 2.12. The van der Waals surface area contributed by atoms with Gasteiger partial charge in [0.25, 0.3) is 5.88 Å². The second-order valence-corrected chi connectivity index (χ2v) is 3.96. The Labute approximate surface area is 113 Å². The van der Waals surface area contributed by atoms with Gasteiger partial charge in [-0.1, -0.05) is 28.9 Å². The van der Waals surface area contributed by atoms with Crippen LogP contribution < -0.4 is 10.5 Å². The molecule has 0 saturated heterocycles. The fourth-order valence-corrected chi connectivity index (χ4v) is 1.55. The van der Waals surface area contributed by atoms with Crippen molar-refractivity contribution < 1.29 is 14.3 Å². The molecule has 1 aromatic carbocycles. The molecule has 0 atom stereocenters. The van der Waals surface area contributed by atoms with Gasteiger partial charge in [0.1, 0.15) is 5.75 Å².